The van der Waals surface area contributed by atoms with E-state index in [9.17, 15) is 9.90 Å². The van der Waals surface area contributed by atoms with E-state index in [0.29, 0.717) is 43.5 Å². The molecular formula is C27H27N3O5. The van der Waals surface area contributed by atoms with Crippen LogP contribution >= 0.6 is 0 Å². The summed E-state index contributed by atoms with van der Waals surface area (Å²) in [4.78, 5) is 20.9. The summed E-state index contributed by atoms with van der Waals surface area (Å²) in [6.45, 7) is 5.13. The van der Waals surface area contributed by atoms with Crippen molar-refractivity contribution in [2.24, 2.45) is 5.92 Å². The number of aryl methyl sites for hydroxylation is 1. The second-order valence-corrected chi connectivity index (χ2v) is 9.12. The molecule has 0 saturated heterocycles. The Bertz CT molecular complexity index is 1350. The van der Waals surface area contributed by atoms with Crippen LogP contribution in [0.5, 0.6) is 17.5 Å². The van der Waals surface area contributed by atoms with Gasteiger partial charge in [-0.25, -0.2) is 9.78 Å². The number of aliphatic hydroxyl groups excluding tert-OH is 1. The molecule has 0 bridgehead atoms. The fraction of sp³-hybridized carbons (Fsp3) is 0.370. The largest absolute Gasteiger partial charge is 0.478 e. The smallest absolute Gasteiger partial charge is 0.351 e. The van der Waals surface area contributed by atoms with Crippen LogP contribution in [0, 0.1) is 17.8 Å². The summed E-state index contributed by atoms with van der Waals surface area (Å²) >= 11 is 0. The maximum Gasteiger partial charge on any atom is 0.351 e. The molecule has 8 heteroatoms. The number of benzene rings is 1. The number of pyridine rings is 1. The predicted octanol–water partition coefficient (Wildman–Crippen LogP) is 2.84. The van der Waals surface area contributed by atoms with Gasteiger partial charge in [0.15, 0.2) is 11.9 Å². The Balaban J connectivity index is 1.33. The van der Waals surface area contributed by atoms with Gasteiger partial charge in [0.05, 0.1) is 5.69 Å². The third-order valence-corrected chi connectivity index (χ3v) is 5.90. The number of aromatic nitrogens is 3. The lowest BCUT2D eigenvalue weighted by molar-refractivity contribution is 0.0486. The first kappa shape index (κ1) is 22.9. The first-order valence-corrected chi connectivity index (χ1v) is 11.8. The van der Waals surface area contributed by atoms with E-state index in [4.69, 9.17) is 14.2 Å². The van der Waals surface area contributed by atoms with Gasteiger partial charge in [0.1, 0.15) is 19.3 Å². The number of fused-ring (bicyclic) bond motifs is 4. The van der Waals surface area contributed by atoms with Crippen molar-refractivity contribution in [3.8, 4) is 40.6 Å². The van der Waals surface area contributed by atoms with Crippen LogP contribution in [0.3, 0.4) is 0 Å². The first-order valence-electron chi connectivity index (χ1n) is 11.8. The third-order valence-electron chi connectivity index (χ3n) is 5.90. The molecule has 3 aromatic rings. The number of rotatable bonds is 5. The van der Waals surface area contributed by atoms with Crippen LogP contribution in [0.25, 0.3) is 11.3 Å². The fourth-order valence-corrected chi connectivity index (χ4v) is 4.25. The Morgan fingerprint density at radius 1 is 1.29 bits per heavy atom. The summed E-state index contributed by atoms with van der Waals surface area (Å²) < 4.78 is 19.0. The molecule has 1 aromatic carbocycles. The molecule has 0 aliphatic carbocycles. The van der Waals surface area contributed by atoms with E-state index in [1.165, 1.54) is 0 Å². The first-order chi connectivity index (χ1) is 17.0. The lowest BCUT2D eigenvalue weighted by atomic mass is 9.95. The van der Waals surface area contributed by atoms with E-state index >= 15 is 0 Å². The van der Waals surface area contributed by atoms with Crippen LogP contribution in [-0.4, -0.2) is 45.1 Å². The minimum absolute atomic E-state index is 0.185. The molecule has 4 heterocycles. The van der Waals surface area contributed by atoms with Gasteiger partial charge >= 0.3 is 5.69 Å². The second-order valence-electron chi connectivity index (χ2n) is 9.12. The van der Waals surface area contributed by atoms with Gasteiger partial charge in [-0.2, -0.15) is 4.98 Å². The molecule has 0 amide bonds. The summed E-state index contributed by atoms with van der Waals surface area (Å²) in [5.41, 5.74) is 3.30. The molecule has 1 N–H and O–H groups in total. The minimum atomic E-state index is -0.639. The van der Waals surface area contributed by atoms with Crippen molar-refractivity contribution in [2.45, 2.75) is 45.4 Å². The van der Waals surface area contributed by atoms with E-state index < -0.39 is 6.10 Å². The van der Waals surface area contributed by atoms with E-state index in [1.54, 1.807) is 29.0 Å². The normalized spacial score (nSPS) is 16.5. The van der Waals surface area contributed by atoms with Crippen molar-refractivity contribution in [2.75, 3.05) is 13.2 Å². The van der Waals surface area contributed by atoms with E-state index in [2.05, 4.69) is 35.7 Å². The van der Waals surface area contributed by atoms with Crippen LogP contribution in [0.4, 0.5) is 0 Å². The molecule has 2 aromatic heterocycles. The molecule has 5 rings (SSSR count). The number of aliphatic hydroxyl groups is 1. The highest BCUT2D eigenvalue weighted by Gasteiger charge is 2.24. The second kappa shape index (κ2) is 9.80. The number of hydrogen-bond donors (Lipinski definition) is 1. The zero-order valence-electron chi connectivity index (χ0n) is 19.7. The van der Waals surface area contributed by atoms with Crippen molar-refractivity contribution < 1.29 is 19.3 Å². The topological polar surface area (TPSA) is 95.7 Å². The van der Waals surface area contributed by atoms with Crippen molar-refractivity contribution >= 4 is 0 Å². The zero-order chi connectivity index (χ0) is 24.4. The fourth-order valence-electron chi connectivity index (χ4n) is 4.25. The van der Waals surface area contributed by atoms with Crippen LogP contribution < -0.4 is 19.9 Å². The SMILES string of the molecule is CC(C)CC(O)C#Cc1ccc2c(c1)CCn1c-2cc(OCC2COc3ncccc3O2)nc1=O. The molecule has 2 unspecified atom stereocenters. The molecule has 8 nitrogen and oxygen atoms in total. The van der Waals surface area contributed by atoms with Gasteiger partial charge in [-0.3, -0.25) is 4.57 Å². The average molecular weight is 474 g/mol. The Kier molecular flexibility index (Phi) is 6.43. The number of hydrogen-bond acceptors (Lipinski definition) is 7. The molecule has 2 aliphatic rings. The quantitative estimate of drug-likeness (QED) is 0.570. The number of nitrogens with zero attached hydrogens (tertiary/aromatic N) is 3. The maximum atomic E-state index is 12.7. The molecule has 2 atom stereocenters. The monoisotopic (exact) mass is 473 g/mol. The third kappa shape index (κ3) is 5.15. The molecule has 2 aliphatic heterocycles. The van der Waals surface area contributed by atoms with Gasteiger partial charge in [-0.05, 0) is 48.6 Å². The van der Waals surface area contributed by atoms with E-state index in [0.717, 1.165) is 22.4 Å². The molecule has 0 spiro atoms. The summed E-state index contributed by atoms with van der Waals surface area (Å²) in [5, 5.41) is 10.1. The van der Waals surface area contributed by atoms with Gasteiger partial charge in [0.25, 0.3) is 5.88 Å². The van der Waals surface area contributed by atoms with Gasteiger partial charge in [0, 0.05) is 29.9 Å². The highest BCUT2D eigenvalue weighted by molar-refractivity contribution is 5.68. The van der Waals surface area contributed by atoms with Crippen LogP contribution in [0.15, 0.2) is 47.4 Å². The Morgan fingerprint density at radius 3 is 3.03 bits per heavy atom. The highest BCUT2D eigenvalue weighted by atomic mass is 16.6. The highest BCUT2D eigenvalue weighted by Crippen LogP contribution is 2.31. The molecule has 180 valence electrons. The molecule has 35 heavy (non-hydrogen) atoms. The van der Waals surface area contributed by atoms with Crippen LogP contribution in [0.1, 0.15) is 31.4 Å². The van der Waals surface area contributed by atoms with Gasteiger partial charge in [-0.1, -0.05) is 31.8 Å². The lowest BCUT2D eigenvalue weighted by Gasteiger charge is -2.25. The van der Waals surface area contributed by atoms with Gasteiger partial charge in [0.2, 0.25) is 5.88 Å². The maximum absolute atomic E-state index is 12.7. The lowest BCUT2D eigenvalue weighted by Crippen LogP contribution is -2.35. The van der Waals surface area contributed by atoms with Gasteiger partial charge in [-0.15, -0.1) is 0 Å². The summed E-state index contributed by atoms with van der Waals surface area (Å²) in [5.74, 6) is 7.65. The zero-order valence-corrected chi connectivity index (χ0v) is 19.7. The molecule has 0 saturated carbocycles. The minimum Gasteiger partial charge on any atom is -0.478 e. The Morgan fingerprint density at radius 2 is 2.17 bits per heavy atom. The van der Waals surface area contributed by atoms with Crippen LogP contribution in [0.2, 0.25) is 0 Å². The Hall–Kier alpha value is -3.83. The van der Waals surface area contributed by atoms with Crippen molar-refractivity contribution in [3.05, 3.63) is 64.2 Å². The average Bonchev–Trinajstić information content (AvgIpc) is 2.85. The van der Waals surface area contributed by atoms with E-state index in [-0.39, 0.29) is 24.3 Å². The summed E-state index contributed by atoms with van der Waals surface area (Å²) in [7, 11) is 0. The van der Waals surface area contributed by atoms with Crippen molar-refractivity contribution in [1.29, 1.82) is 0 Å². The predicted molar refractivity (Wildman–Crippen MR) is 130 cm³/mol. The molecule has 0 radical (unpaired) electrons. The molecular weight excluding hydrogens is 446 g/mol. The van der Waals surface area contributed by atoms with Crippen molar-refractivity contribution in [3.63, 3.8) is 0 Å². The standard InChI is InChI=1S/C27H27N3O5/c1-17(2)12-20(31)7-5-18-6-8-22-19(13-18)9-11-30-23(22)14-25(29-27(30)32)33-15-21-16-34-26-24(35-21)4-3-10-28-26/h3-4,6,8,10,13-14,17,20-21,31H,9,11-12,15-16H2,1-2H3. The van der Waals surface area contributed by atoms with Crippen LogP contribution in [-0.2, 0) is 13.0 Å². The Labute approximate surface area is 203 Å². The van der Waals surface area contributed by atoms with Crippen molar-refractivity contribution in [1.82, 2.24) is 14.5 Å². The summed E-state index contributed by atoms with van der Waals surface area (Å²) in [6.07, 6.45) is 2.01. The van der Waals surface area contributed by atoms with Gasteiger partial charge < -0.3 is 19.3 Å². The molecule has 0 fully saturated rings. The van der Waals surface area contributed by atoms with E-state index in [1.807, 2.05) is 18.2 Å². The number of ether oxygens (including phenoxy) is 3. The summed E-state index contributed by atoms with van der Waals surface area (Å²) in [6, 6.07) is 11.3.